The van der Waals surface area contributed by atoms with Gasteiger partial charge in [-0.15, -0.1) is 0 Å². The van der Waals surface area contributed by atoms with Crippen LogP contribution in [0.1, 0.15) is 23.6 Å². The molecule has 1 unspecified atom stereocenters. The van der Waals surface area contributed by atoms with Crippen LogP contribution in [0, 0.1) is 0 Å². The van der Waals surface area contributed by atoms with Crippen LogP contribution in [-0.2, 0) is 27.2 Å². The first-order chi connectivity index (χ1) is 10.1. The second kappa shape index (κ2) is 6.43. The molecule has 0 spiro atoms. The summed E-state index contributed by atoms with van der Waals surface area (Å²) in [7, 11) is 1.31. The molecule has 2 rings (SSSR count). The van der Waals surface area contributed by atoms with Gasteiger partial charge < -0.3 is 9.47 Å². The van der Waals surface area contributed by atoms with Crippen LogP contribution in [0.3, 0.4) is 0 Å². The van der Waals surface area contributed by atoms with E-state index in [1.165, 1.54) is 12.0 Å². The molecule has 1 atom stereocenters. The van der Waals surface area contributed by atoms with Crippen molar-refractivity contribution in [1.29, 1.82) is 0 Å². The van der Waals surface area contributed by atoms with Crippen LogP contribution in [0.4, 0.5) is 4.79 Å². The highest BCUT2D eigenvalue weighted by Gasteiger charge is 2.36. The number of amides is 1. The van der Waals surface area contributed by atoms with Gasteiger partial charge >= 0.3 is 12.1 Å². The van der Waals surface area contributed by atoms with Crippen LogP contribution < -0.4 is 0 Å². The van der Waals surface area contributed by atoms with Gasteiger partial charge in [-0.1, -0.05) is 30.9 Å². The lowest BCUT2D eigenvalue weighted by Crippen LogP contribution is -2.49. The predicted molar refractivity (Wildman–Crippen MR) is 78.6 cm³/mol. The number of hydrogen-bond acceptors (Lipinski definition) is 4. The van der Waals surface area contributed by atoms with Gasteiger partial charge in [-0.2, -0.15) is 0 Å². The van der Waals surface area contributed by atoms with Gasteiger partial charge in [-0.05, 0) is 23.6 Å². The smallest absolute Gasteiger partial charge is 0.410 e. The zero-order chi connectivity index (χ0) is 15.4. The minimum atomic E-state index is -0.648. The predicted octanol–water partition coefficient (Wildman–Crippen LogP) is 2.39. The van der Waals surface area contributed by atoms with Gasteiger partial charge in [0.05, 0.1) is 20.3 Å². The minimum Gasteiger partial charge on any atom is -0.464 e. The molecular formula is C16H19NO4. The van der Waals surface area contributed by atoms with E-state index in [2.05, 4.69) is 6.58 Å². The summed E-state index contributed by atoms with van der Waals surface area (Å²) >= 11 is 0. The van der Waals surface area contributed by atoms with Crippen LogP contribution in [-0.4, -0.2) is 36.7 Å². The third kappa shape index (κ3) is 3.07. The molecule has 0 fully saturated rings. The number of carbonyl (C=O) groups is 2. The normalized spacial score (nSPS) is 16.9. The maximum Gasteiger partial charge on any atom is 0.410 e. The van der Waals surface area contributed by atoms with E-state index >= 15 is 0 Å². The Hall–Kier alpha value is -2.30. The number of ether oxygens (including phenoxy) is 2. The van der Waals surface area contributed by atoms with Crippen molar-refractivity contribution in [1.82, 2.24) is 4.90 Å². The largest absolute Gasteiger partial charge is 0.464 e. The molecule has 0 saturated heterocycles. The molecule has 1 aromatic carbocycles. The number of nitrogens with zero attached hydrogens (tertiary/aromatic N) is 1. The third-order valence-corrected chi connectivity index (χ3v) is 3.56. The quantitative estimate of drug-likeness (QED) is 0.802. The summed E-state index contributed by atoms with van der Waals surface area (Å²) in [5.41, 5.74) is 3.03. The van der Waals surface area contributed by atoms with Crippen molar-refractivity contribution in [2.75, 3.05) is 13.7 Å². The number of carbonyl (C=O) groups excluding carboxylic acids is 2. The van der Waals surface area contributed by atoms with Gasteiger partial charge in [-0.3, -0.25) is 4.90 Å². The fourth-order valence-corrected chi connectivity index (χ4v) is 2.49. The van der Waals surface area contributed by atoms with E-state index < -0.39 is 18.1 Å². The zero-order valence-corrected chi connectivity index (χ0v) is 12.3. The molecule has 5 nitrogen and oxygen atoms in total. The Balaban J connectivity index is 2.35. The van der Waals surface area contributed by atoms with Crippen molar-refractivity contribution in [2.24, 2.45) is 0 Å². The van der Waals surface area contributed by atoms with Gasteiger partial charge in [-0.25, -0.2) is 9.59 Å². The van der Waals surface area contributed by atoms with Gasteiger partial charge in [0.1, 0.15) is 6.04 Å². The first-order valence-electron chi connectivity index (χ1n) is 6.86. The summed E-state index contributed by atoms with van der Waals surface area (Å²) < 4.78 is 9.84. The van der Waals surface area contributed by atoms with Crippen molar-refractivity contribution in [3.63, 3.8) is 0 Å². The van der Waals surface area contributed by atoms with E-state index in [1.54, 1.807) is 13.0 Å². The molecular weight excluding hydrogens is 270 g/mol. The molecule has 0 aliphatic carbocycles. The lowest BCUT2D eigenvalue weighted by molar-refractivity contribution is -0.149. The Kier molecular flexibility index (Phi) is 4.62. The second-order valence-corrected chi connectivity index (χ2v) is 4.80. The first-order valence-corrected chi connectivity index (χ1v) is 6.86. The molecule has 21 heavy (non-hydrogen) atoms. The number of esters is 1. The van der Waals surface area contributed by atoms with Crippen molar-refractivity contribution >= 4 is 18.1 Å². The van der Waals surface area contributed by atoms with Gasteiger partial charge in [0.2, 0.25) is 0 Å². The Bertz CT molecular complexity index is 567. The SMILES string of the molecule is C=Cc1ccc2c(c1)CC(C(=O)OCC)N(C(=O)OC)C2. The van der Waals surface area contributed by atoms with E-state index in [-0.39, 0.29) is 6.61 Å². The maximum atomic E-state index is 12.1. The number of methoxy groups -OCH3 is 1. The summed E-state index contributed by atoms with van der Waals surface area (Å²) in [6.45, 7) is 6.10. The number of fused-ring (bicyclic) bond motifs is 1. The maximum absolute atomic E-state index is 12.1. The van der Waals surface area contributed by atoms with Crippen molar-refractivity contribution in [3.8, 4) is 0 Å². The van der Waals surface area contributed by atoms with E-state index in [9.17, 15) is 9.59 Å². The molecule has 112 valence electrons. The van der Waals surface area contributed by atoms with E-state index in [1.807, 2.05) is 18.2 Å². The van der Waals surface area contributed by atoms with Crippen LogP contribution in [0.15, 0.2) is 24.8 Å². The minimum absolute atomic E-state index is 0.282. The van der Waals surface area contributed by atoms with Crippen LogP contribution >= 0.6 is 0 Å². The Labute approximate surface area is 124 Å². The molecule has 0 saturated carbocycles. The molecule has 0 bridgehead atoms. The summed E-state index contributed by atoms with van der Waals surface area (Å²) in [5.74, 6) is -0.405. The molecule has 0 radical (unpaired) electrons. The van der Waals surface area contributed by atoms with E-state index in [0.717, 1.165) is 16.7 Å². The molecule has 1 amide bonds. The lowest BCUT2D eigenvalue weighted by Gasteiger charge is -2.34. The number of benzene rings is 1. The zero-order valence-electron chi connectivity index (χ0n) is 12.3. The highest BCUT2D eigenvalue weighted by Crippen LogP contribution is 2.26. The monoisotopic (exact) mass is 289 g/mol. The molecule has 0 N–H and O–H groups in total. The highest BCUT2D eigenvalue weighted by atomic mass is 16.6. The van der Waals surface area contributed by atoms with E-state index in [4.69, 9.17) is 9.47 Å². The van der Waals surface area contributed by atoms with E-state index in [0.29, 0.717) is 13.0 Å². The average molecular weight is 289 g/mol. The Morgan fingerprint density at radius 3 is 2.81 bits per heavy atom. The standard InChI is InChI=1S/C16H19NO4/c1-4-11-6-7-12-10-17(16(19)20-3)14(9-13(12)8-11)15(18)21-5-2/h4,6-8,14H,1,5,9-10H2,2-3H3. The molecule has 5 heteroatoms. The third-order valence-electron chi connectivity index (χ3n) is 3.56. The van der Waals surface area contributed by atoms with Gasteiger partial charge in [0, 0.05) is 6.42 Å². The number of hydrogen-bond donors (Lipinski definition) is 0. The molecule has 1 aliphatic rings. The Morgan fingerprint density at radius 1 is 1.43 bits per heavy atom. The van der Waals surface area contributed by atoms with Crippen molar-refractivity contribution < 1.29 is 19.1 Å². The van der Waals surface area contributed by atoms with Crippen LogP contribution in [0.5, 0.6) is 0 Å². The average Bonchev–Trinajstić information content (AvgIpc) is 2.52. The molecule has 0 aromatic heterocycles. The summed E-state index contributed by atoms with van der Waals surface area (Å²) in [6.07, 6.45) is 1.66. The van der Waals surface area contributed by atoms with Crippen molar-refractivity contribution in [2.45, 2.75) is 25.9 Å². The van der Waals surface area contributed by atoms with Crippen LogP contribution in [0.2, 0.25) is 0 Å². The molecule has 1 aliphatic heterocycles. The first kappa shape index (κ1) is 15.1. The molecule has 1 aromatic rings. The second-order valence-electron chi connectivity index (χ2n) is 4.80. The van der Waals surface area contributed by atoms with Gasteiger partial charge in [0.15, 0.2) is 0 Å². The van der Waals surface area contributed by atoms with Gasteiger partial charge in [0.25, 0.3) is 0 Å². The topological polar surface area (TPSA) is 55.8 Å². The van der Waals surface area contributed by atoms with Crippen LogP contribution in [0.25, 0.3) is 6.08 Å². The lowest BCUT2D eigenvalue weighted by atomic mass is 9.92. The fourth-order valence-electron chi connectivity index (χ4n) is 2.49. The highest BCUT2D eigenvalue weighted by molar-refractivity contribution is 5.82. The summed E-state index contributed by atoms with van der Waals surface area (Å²) in [5, 5.41) is 0. The molecule has 1 heterocycles. The summed E-state index contributed by atoms with van der Waals surface area (Å²) in [6, 6.07) is 5.23. The summed E-state index contributed by atoms with van der Waals surface area (Å²) in [4.78, 5) is 25.4. The van der Waals surface area contributed by atoms with Crippen molar-refractivity contribution in [3.05, 3.63) is 41.5 Å². The number of rotatable bonds is 3. The Morgan fingerprint density at radius 2 is 2.19 bits per heavy atom. The fraction of sp³-hybridized carbons (Fsp3) is 0.375.